The van der Waals surface area contributed by atoms with Gasteiger partial charge in [0.1, 0.15) is 0 Å². The van der Waals surface area contributed by atoms with Crippen LogP contribution >= 0.6 is 23.2 Å². The number of aromatic nitrogens is 1. The molecule has 0 unspecified atom stereocenters. The maximum atomic E-state index is 11.6. The molecule has 0 bridgehead atoms. The molecule has 0 aliphatic carbocycles. The predicted octanol–water partition coefficient (Wildman–Crippen LogP) is 5.26. The van der Waals surface area contributed by atoms with Gasteiger partial charge in [0.2, 0.25) is 0 Å². The zero-order valence-corrected chi connectivity index (χ0v) is 15.0. The number of carbonyl (C=O) groups excluding carboxylic acids is 1. The van der Waals surface area contributed by atoms with E-state index in [2.05, 4.69) is 4.57 Å². The number of fused-ring (bicyclic) bond motifs is 1. The summed E-state index contributed by atoms with van der Waals surface area (Å²) in [7, 11) is 3.42. The third-order valence-corrected chi connectivity index (χ3v) is 4.68. The van der Waals surface area contributed by atoms with E-state index in [9.17, 15) is 4.79 Å². The first-order chi connectivity index (χ1) is 11.5. The summed E-state index contributed by atoms with van der Waals surface area (Å²) in [6.45, 7) is 0. The van der Waals surface area contributed by atoms with E-state index in [1.54, 1.807) is 0 Å². The second-order valence-electron chi connectivity index (χ2n) is 5.63. The molecule has 0 aliphatic rings. The van der Waals surface area contributed by atoms with Gasteiger partial charge in [0.05, 0.1) is 12.8 Å². The Labute approximate surface area is 150 Å². The van der Waals surface area contributed by atoms with Gasteiger partial charge in [0.25, 0.3) is 0 Å². The Morgan fingerprint density at radius 3 is 2.42 bits per heavy atom. The minimum atomic E-state index is -0.226. The molecule has 1 aromatic heterocycles. The second-order valence-corrected chi connectivity index (χ2v) is 6.50. The van der Waals surface area contributed by atoms with Crippen LogP contribution in [-0.2, 0) is 23.0 Å². The minimum Gasteiger partial charge on any atom is -0.469 e. The van der Waals surface area contributed by atoms with Gasteiger partial charge in [-0.25, -0.2) is 0 Å². The molecule has 3 rings (SSSR count). The van der Waals surface area contributed by atoms with Gasteiger partial charge in [-0.3, -0.25) is 4.79 Å². The minimum absolute atomic E-state index is 0.226. The van der Waals surface area contributed by atoms with Gasteiger partial charge in [0, 0.05) is 34.4 Å². The molecular weight excluding hydrogens is 345 g/mol. The number of methoxy groups -OCH3 is 1. The first-order valence-electron chi connectivity index (χ1n) is 7.61. The van der Waals surface area contributed by atoms with Gasteiger partial charge in [-0.15, -0.1) is 0 Å². The summed E-state index contributed by atoms with van der Waals surface area (Å²) in [6.07, 6.45) is 0.908. The number of carbonyl (C=O) groups is 1. The van der Waals surface area contributed by atoms with Gasteiger partial charge in [-0.05, 0) is 47.9 Å². The largest absolute Gasteiger partial charge is 0.469 e. The number of halogens is 2. The lowest BCUT2D eigenvalue weighted by Gasteiger charge is -2.08. The molecule has 0 fully saturated rings. The van der Waals surface area contributed by atoms with Crippen LogP contribution < -0.4 is 0 Å². The van der Waals surface area contributed by atoms with Crippen molar-refractivity contribution < 1.29 is 9.53 Å². The summed E-state index contributed by atoms with van der Waals surface area (Å²) in [4.78, 5) is 11.6. The zero-order chi connectivity index (χ0) is 17.3. The lowest BCUT2D eigenvalue weighted by molar-refractivity contribution is -0.140. The number of ether oxygens (including phenoxy) is 1. The standard InChI is InChI=1S/C19H17Cl2NO2/c1-22-17-9-7-14(21)11-16(17)15(8-10-18(23)24-2)19(22)12-3-5-13(20)6-4-12/h3-7,9,11H,8,10H2,1-2H3. The van der Waals surface area contributed by atoms with Crippen LogP contribution in [0.2, 0.25) is 10.0 Å². The number of benzene rings is 2. The molecule has 0 amide bonds. The molecule has 3 aromatic rings. The van der Waals surface area contributed by atoms with Gasteiger partial charge in [0.15, 0.2) is 0 Å². The molecule has 5 heteroatoms. The number of hydrogen-bond acceptors (Lipinski definition) is 2. The molecule has 0 N–H and O–H groups in total. The van der Waals surface area contributed by atoms with Crippen molar-refractivity contribution in [3.05, 3.63) is 58.1 Å². The van der Waals surface area contributed by atoms with E-state index in [4.69, 9.17) is 27.9 Å². The highest BCUT2D eigenvalue weighted by atomic mass is 35.5. The Bertz CT molecular complexity index is 898. The molecule has 0 saturated heterocycles. The second kappa shape index (κ2) is 6.88. The van der Waals surface area contributed by atoms with E-state index in [1.807, 2.05) is 49.5 Å². The highest BCUT2D eigenvalue weighted by Gasteiger charge is 2.18. The lowest BCUT2D eigenvalue weighted by atomic mass is 10.0. The summed E-state index contributed by atoms with van der Waals surface area (Å²) in [5.74, 6) is -0.226. The first kappa shape index (κ1) is 16.9. The van der Waals surface area contributed by atoms with Crippen molar-refractivity contribution >= 4 is 40.1 Å². The molecule has 0 aliphatic heterocycles. The van der Waals surface area contributed by atoms with E-state index in [1.165, 1.54) is 7.11 Å². The van der Waals surface area contributed by atoms with Crippen LogP contribution in [0.1, 0.15) is 12.0 Å². The van der Waals surface area contributed by atoms with Gasteiger partial charge < -0.3 is 9.30 Å². The van der Waals surface area contributed by atoms with Crippen LogP contribution in [-0.4, -0.2) is 17.6 Å². The van der Waals surface area contributed by atoms with E-state index in [-0.39, 0.29) is 5.97 Å². The maximum absolute atomic E-state index is 11.6. The van der Waals surface area contributed by atoms with Crippen molar-refractivity contribution in [1.82, 2.24) is 4.57 Å². The van der Waals surface area contributed by atoms with Crippen LogP contribution in [0.4, 0.5) is 0 Å². The van der Waals surface area contributed by atoms with Crippen molar-refractivity contribution in [2.45, 2.75) is 12.8 Å². The monoisotopic (exact) mass is 361 g/mol. The van der Waals surface area contributed by atoms with Gasteiger partial charge in [-0.1, -0.05) is 35.3 Å². The van der Waals surface area contributed by atoms with E-state index in [0.29, 0.717) is 22.9 Å². The summed E-state index contributed by atoms with van der Waals surface area (Å²) < 4.78 is 6.91. The fraction of sp³-hybridized carbons (Fsp3) is 0.211. The fourth-order valence-corrected chi connectivity index (χ4v) is 3.35. The molecule has 0 spiro atoms. The van der Waals surface area contributed by atoms with Crippen LogP contribution in [0.3, 0.4) is 0 Å². The number of esters is 1. The normalized spacial score (nSPS) is 11.0. The molecule has 1 heterocycles. The Hall–Kier alpha value is -1.97. The van der Waals surface area contributed by atoms with Gasteiger partial charge in [-0.2, -0.15) is 0 Å². The molecule has 3 nitrogen and oxygen atoms in total. The van der Waals surface area contributed by atoms with Crippen LogP contribution in [0.25, 0.3) is 22.2 Å². The smallest absolute Gasteiger partial charge is 0.305 e. The van der Waals surface area contributed by atoms with Crippen molar-refractivity contribution in [3.8, 4) is 11.3 Å². The average molecular weight is 362 g/mol. The summed E-state index contributed by atoms with van der Waals surface area (Å²) in [6, 6.07) is 13.5. The SMILES string of the molecule is COC(=O)CCc1c(-c2ccc(Cl)cc2)n(C)c2ccc(Cl)cc12. The zero-order valence-electron chi connectivity index (χ0n) is 13.5. The van der Waals surface area contributed by atoms with E-state index in [0.717, 1.165) is 27.7 Å². The Morgan fingerprint density at radius 1 is 1.08 bits per heavy atom. The third kappa shape index (κ3) is 3.14. The molecule has 0 radical (unpaired) electrons. The van der Waals surface area contributed by atoms with Crippen LogP contribution in [0, 0.1) is 0 Å². The number of hydrogen-bond donors (Lipinski definition) is 0. The topological polar surface area (TPSA) is 31.2 Å². The van der Waals surface area contributed by atoms with E-state index >= 15 is 0 Å². The number of nitrogens with zero attached hydrogens (tertiary/aromatic N) is 1. The third-order valence-electron chi connectivity index (χ3n) is 4.19. The highest BCUT2D eigenvalue weighted by Crippen LogP contribution is 2.35. The molecule has 0 saturated carbocycles. The summed E-state index contributed by atoms with van der Waals surface area (Å²) in [5, 5.41) is 2.42. The molecular formula is C19H17Cl2NO2. The van der Waals surface area contributed by atoms with Crippen molar-refractivity contribution in [2.24, 2.45) is 7.05 Å². The van der Waals surface area contributed by atoms with Crippen molar-refractivity contribution in [2.75, 3.05) is 7.11 Å². The highest BCUT2D eigenvalue weighted by molar-refractivity contribution is 6.31. The number of rotatable bonds is 4. The quantitative estimate of drug-likeness (QED) is 0.593. The Balaban J connectivity index is 2.20. The fourth-order valence-electron chi connectivity index (χ4n) is 3.05. The molecule has 124 valence electrons. The summed E-state index contributed by atoms with van der Waals surface area (Å²) >= 11 is 12.2. The predicted molar refractivity (Wildman–Crippen MR) is 98.7 cm³/mol. The van der Waals surface area contributed by atoms with Crippen LogP contribution in [0.5, 0.6) is 0 Å². The molecule has 24 heavy (non-hydrogen) atoms. The van der Waals surface area contributed by atoms with Crippen LogP contribution in [0.15, 0.2) is 42.5 Å². The first-order valence-corrected chi connectivity index (χ1v) is 8.36. The summed E-state index contributed by atoms with van der Waals surface area (Å²) in [5.41, 5.74) is 4.27. The van der Waals surface area contributed by atoms with Crippen molar-refractivity contribution in [1.29, 1.82) is 0 Å². The maximum Gasteiger partial charge on any atom is 0.305 e. The average Bonchev–Trinajstić information content (AvgIpc) is 2.85. The molecule has 0 atom stereocenters. The Morgan fingerprint density at radius 2 is 1.75 bits per heavy atom. The lowest BCUT2D eigenvalue weighted by Crippen LogP contribution is -2.03. The van der Waals surface area contributed by atoms with E-state index < -0.39 is 0 Å². The van der Waals surface area contributed by atoms with Gasteiger partial charge >= 0.3 is 5.97 Å². The Kier molecular flexibility index (Phi) is 4.83. The number of aryl methyl sites for hydroxylation is 2. The molecule has 2 aromatic carbocycles. The van der Waals surface area contributed by atoms with Crippen molar-refractivity contribution in [3.63, 3.8) is 0 Å².